The van der Waals surface area contributed by atoms with Crippen LogP contribution in [0, 0.1) is 5.92 Å². The predicted molar refractivity (Wildman–Crippen MR) is 52.5 cm³/mol. The second-order valence-corrected chi connectivity index (χ2v) is 3.19. The van der Waals surface area contributed by atoms with Crippen molar-refractivity contribution in [2.45, 2.75) is 26.8 Å². The third-order valence-corrected chi connectivity index (χ3v) is 1.85. The minimum atomic E-state index is -0.430. The molecule has 0 rings (SSSR count). The third kappa shape index (κ3) is 4.81. The van der Waals surface area contributed by atoms with E-state index >= 15 is 0 Å². The fraction of sp³-hybridized carbons (Fsp3) is 0.778. The van der Waals surface area contributed by atoms with E-state index < -0.39 is 11.9 Å². The summed E-state index contributed by atoms with van der Waals surface area (Å²) in [6, 6.07) is -0.424. The fourth-order valence-corrected chi connectivity index (χ4v) is 0.822. The lowest BCUT2D eigenvalue weighted by atomic mass is 10.1. The van der Waals surface area contributed by atoms with Crippen LogP contribution in [0.15, 0.2) is 0 Å². The topological polar surface area (TPSA) is 81.4 Å². The number of rotatable bonds is 6. The van der Waals surface area contributed by atoms with Crippen LogP contribution in [0.2, 0.25) is 0 Å². The monoisotopic (exact) mass is 202 g/mol. The molecule has 2 unspecified atom stereocenters. The van der Waals surface area contributed by atoms with Gasteiger partial charge in [-0.25, -0.2) is 0 Å². The van der Waals surface area contributed by atoms with E-state index in [-0.39, 0.29) is 11.9 Å². The average Bonchev–Trinajstić information content (AvgIpc) is 2.13. The summed E-state index contributed by atoms with van der Waals surface area (Å²) >= 11 is 0. The van der Waals surface area contributed by atoms with Gasteiger partial charge < -0.3 is 15.8 Å². The zero-order chi connectivity index (χ0) is 11.1. The molecule has 0 saturated carbocycles. The summed E-state index contributed by atoms with van der Waals surface area (Å²) in [5, 5.41) is 2.85. The van der Waals surface area contributed by atoms with Crippen molar-refractivity contribution in [1.82, 2.24) is 5.32 Å². The number of hydrogen-bond donors (Lipinski definition) is 2. The Morgan fingerprint density at radius 2 is 2.00 bits per heavy atom. The molecule has 5 nitrogen and oxygen atoms in total. The molecule has 0 aliphatic heterocycles. The summed E-state index contributed by atoms with van der Waals surface area (Å²) in [6.45, 7) is 5.90. The van der Waals surface area contributed by atoms with Crippen LogP contribution in [0.1, 0.15) is 20.8 Å². The molecule has 0 aromatic carbocycles. The van der Waals surface area contributed by atoms with Crippen molar-refractivity contribution in [2.24, 2.45) is 11.7 Å². The molecule has 0 aromatic rings. The van der Waals surface area contributed by atoms with Crippen LogP contribution in [0.4, 0.5) is 0 Å². The maximum atomic E-state index is 11.1. The van der Waals surface area contributed by atoms with Crippen molar-refractivity contribution in [3.05, 3.63) is 0 Å². The molecular weight excluding hydrogens is 184 g/mol. The number of primary amides is 1. The maximum Gasteiger partial charge on any atom is 0.309 e. The van der Waals surface area contributed by atoms with Gasteiger partial charge in [0.25, 0.3) is 0 Å². The van der Waals surface area contributed by atoms with Crippen molar-refractivity contribution in [2.75, 3.05) is 13.2 Å². The van der Waals surface area contributed by atoms with Gasteiger partial charge in [0.2, 0.25) is 5.91 Å². The maximum absolute atomic E-state index is 11.1. The highest BCUT2D eigenvalue weighted by molar-refractivity contribution is 5.79. The second-order valence-electron chi connectivity index (χ2n) is 3.19. The van der Waals surface area contributed by atoms with E-state index in [1.54, 1.807) is 20.8 Å². The molecule has 0 fully saturated rings. The number of hydrogen-bond acceptors (Lipinski definition) is 4. The Balaban J connectivity index is 3.78. The lowest BCUT2D eigenvalue weighted by Crippen LogP contribution is -2.42. The number of carbonyl (C=O) groups is 2. The van der Waals surface area contributed by atoms with E-state index in [1.165, 1.54) is 0 Å². The molecule has 3 N–H and O–H groups in total. The van der Waals surface area contributed by atoms with Crippen LogP contribution < -0.4 is 11.1 Å². The first-order valence-electron chi connectivity index (χ1n) is 4.68. The van der Waals surface area contributed by atoms with Crippen LogP contribution >= 0.6 is 0 Å². The number of esters is 1. The normalized spacial score (nSPS) is 14.5. The quantitative estimate of drug-likeness (QED) is 0.577. The molecule has 0 saturated heterocycles. The van der Waals surface area contributed by atoms with Crippen molar-refractivity contribution >= 4 is 11.9 Å². The molecule has 0 heterocycles. The first-order valence-corrected chi connectivity index (χ1v) is 4.68. The van der Waals surface area contributed by atoms with E-state index in [0.717, 1.165) is 0 Å². The van der Waals surface area contributed by atoms with E-state index in [2.05, 4.69) is 5.32 Å². The predicted octanol–water partition coefficient (Wildman–Crippen LogP) is -0.351. The van der Waals surface area contributed by atoms with Crippen LogP contribution in [0.3, 0.4) is 0 Å². The number of nitrogens with two attached hydrogens (primary N) is 1. The van der Waals surface area contributed by atoms with Crippen LogP contribution in [0.25, 0.3) is 0 Å². The summed E-state index contributed by atoms with van der Waals surface area (Å²) in [4.78, 5) is 21.8. The molecule has 0 aliphatic rings. The Kier molecular flexibility index (Phi) is 5.87. The molecule has 1 amide bonds. The Labute approximate surface area is 84.0 Å². The summed E-state index contributed by atoms with van der Waals surface area (Å²) in [5.74, 6) is -0.963. The zero-order valence-electron chi connectivity index (χ0n) is 8.87. The van der Waals surface area contributed by atoms with Gasteiger partial charge in [0, 0.05) is 6.54 Å². The van der Waals surface area contributed by atoms with Gasteiger partial charge in [-0.3, -0.25) is 9.59 Å². The molecule has 0 aliphatic carbocycles. The molecule has 0 bridgehead atoms. The van der Waals surface area contributed by atoms with E-state index in [4.69, 9.17) is 10.5 Å². The Bertz CT molecular complexity index is 206. The highest BCUT2D eigenvalue weighted by atomic mass is 16.5. The molecule has 0 spiro atoms. The summed E-state index contributed by atoms with van der Waals surface area (Å²) in [6.07, 6.45) is 0. The van der Waals surface area contributed by atoms with Gasteiger partial charge in [0.1, 0.15) is 0 Å². The van der Waals surface area contributed by atoms with Crippen LogP contribution in [-0.2, 0) is 14.3 Å². The minimum absolute atomic E-state index is 0.267. The number of ether oxygens (including phenoxy) is 1. The highest BCUT2D eigenvalue weighted by Crippen LogP contribution is 1.97. The van der Waals surface area contributed by atoms with E-state index in [9.17, 15) is 9.59 Å². The summed E-state index contributed by atoms with van der Waals surface area (Å²) < 4.78 is 4.80. The van der Waals surface area contributed by atoms with Gasteiger partial charge in [-0.05, 0) is 13.8 Å². The number of carbonyl (C=O) groups excluding carboxylic acids is 2. The van der Waals surface area contributed by atoms with Gasteiger partial charge in [-0.15, -0.1) is 0 Å². The van der Waals surface area contributed by atoms with Crippen molar-refractivity contribution in [1.29, 1.82) is 0 Å². The van der Waals surface area contributed by atoms with Gasteiger partial charge in [0.05, 0.1) is 18.6 Å². The zero-order valence-corrected chi connectivity index (χ0v) is 8.87. The molecule has 2 atom stereocenters. The van der Waals surface area contributed by atoms with Crippen LogP contribution in [0.5, 0.6) is 0 Å². The third-order valence-electron chi connectivity index (χ3n) is 1.85. The largest absolute Gasteiger partial charge is 0.466 e. The minimum Gasteiger partial charge on any atom is -0.466 e. The first kappa shape index (κ1) is 12.9. The van der Waals surface area contributed by atoms with Gasteiger partial charge in [-0.1, -0.05) is 6.92 Å². The first-order chi connectivity index (χ1) is 6.49. The lowest BCUT2D eigenvalue weighted by molar-refractivity contribution is -0.147. The Hall–Kier alpha value is -1.10. The molecular formula is C9H18N2O3. The Morgan fingerprint density at radius 3 is 2.43 bits per heavy atom. The van der Waals surface area contributed by atoms with E-state index in [0.29, 0.717) is 13.2 Å². The molecule has 14 heavy (non-hydrogen) atoms. The smallest absolute Gasteiger partial charge is 0.309 e. The highest BCUT2D eigenvalue weighted by Gasteiger charge is 2.16. The SMILES string of the molecule is CCOC(=O)C(C)CNC(C)C(N)=O. The van der Waals surface area contributed by atoms with Crippen molar-refractivity contribution in [3.63, 3.8) is 0 Å². The lowest BCUT2D eigenvalue weighted by Gasteiger charge is -2.14. The van der Waals surface area contributed by atoms with Crippen molar-refractivity contribution < 1.29 is 14.3 Å². The van der Waals surface area contributed by atoms with E-state index in [1.807, 2.05) is 0 Å². The number of nitrogens with one attached hydrogen (secondary N) is 1. The summed E-state index contributed by atoms with van der Waals surface area (Å²) in [7, 11) is 0. The van der Waals surface area contributed by atoms with Crippen molar-refractivity contribution in [3.8, 4) is 0 Å². The van der Waals surface area contributed by atoms with Gasteiger partial charge in [0.15, 0.2) is 0 Å². The van der Waals surface area contributed by atoms with Gasteiger partial charge >= 0.3 is 5.97 Å². The molecule has 5 heteroatoms. The van der Waals surface area contributed by atoms with Crippen LogP contribution in [-0.4, -0.2) is 31.1 Å². The summed E-state index contributed by atoms with van der Waals surface area (Å²) in [5.41, 5.74) is 5.04. The molecule has 0 radical (unpaired) electrons. The number of amides is 1. The van der Waals surface area contributed by atoms with Gasteiger partial charge in [-0.2, -0.15) is 0 Å². The molecule has 82 valence electrons. The average molecular weight is 202 g/mol. The fourth-order valence-electron chi connectivity index (χ4n) is 0.822. The Morgan fingerprint density at radius 1 is 1.43 bits per heavy atom. The standard InChI is InChI=1S/C9H18N2O3/c1-4-14-9(13)6(2)5-11-7(3)8(10)12/h6-7,11H,4-5H2,1-3H3,(H2,10,12). The molecule has 0 aromatic heterocycles. The second kappa shape index (κ2) is 6.37.